The van der Waals surface area contributed by atoms with Crippen molar-refractivity contribution in [3.8, 4) is 11.5 Å². The molecule has 2 aliphatic rings. The van der Waals surface area contributed by atoms with Crippen LogP contribution in [0.4, 0.5) is 0 Å². The maximum atomic E-state index is 12.4. The van der Waals surface area contributed by atoms with Gasteiger partial charge in [-0.2, -0.15) is 0 Å². The SMILES string of the molecule is O=C(N[C@@H]1C[C@H]2CC[C@@H]1N2)c1ccc(Oc2cnccc2Cl)cc1. The van der Waals surface area contributed by atoms with Crippen LogP contribution in [0.5, 0.6) is 11.5 Å². The second-order valence-electron chi connectivity index (χ2n) is 6.30. The highest BCUT2D eigenvalue weighted by molar-refractivity contribution is 6.32. The number of hydrogen-bond acceptors (Lipinski definition) is 4. The summed E-state index contributed by atoms with van der Waals surface area (Å²) in [5.41, 5.74) is 0.627. The van der Waals surface area contributed by atoms with Gasteiger partial charge >= 0.3 is 0 Å². The average Bonchev–Trinajstić information content (AvgIpc) is 3.20. The lowest BCUT2D eigenvalue weighted by molar-refractivity contribution is 0.0931. The Morgan fingerprint density at radius 3 is 2.75 bits per heavy atom. The number of carbonyl (C=O) groups is 1. The first-order valence-corrected chi connectivity index (χ1v) is 8.51. The summed E-state index contributed by atoms with van der Waals surface area (Å²) in [6.07, 6.45) is 6.56. The molecule has 2 aliphatic heterocycles. The molecule has 124 valence electrons. The number of nitrogens with one attached hydrogen (secondary N) is 2. The summed E-state index contributed by atoms with van der Waals surface area (Å²) in [7, 11) is 0. The molecule has 2 aromatic rings. The topological polar surface area (TPSA) is 63.2 Å². The number of carbonyl (C=O) groups excluding carboxylic acids is 1. The molecule has 2 saturated heterocycles. The molecule has 0 radical (unpaired) electrons. The third-order valence-corrected chi connectivity index (χ3v) is 5.01. The van der Waals surface area contributed by atoms with Crippen molar-refractivity contribution in [1.29, 1.82) is 0 Å². The Morgan fingerprint density at radius 1 is 1.25 bits per heavy atom. The van der Waals surface area contributed by atoms with E-state index in [9.17, 15) is 4.79 Å². The number of nitrogens with zero attached hydrogens (tertiary/aromatic N) is 1. The Labute approximate surface area is 145 Å². The van der Waals surface area contributed by atoms with Crippen LogP contribution in [0.3, 0.4) is 0 Å². The van der Waals surface area contributed by atoms with Crippen molar-refractivity contribution < 1.29 is 9.53 Å². The molecule has 1 amide bonds. The molecule has 1 aromatic heterocycles. The second-order valence-corrected chi connectivity index (χ2v) is 6.70. The predicted octanol–water partition coefficient (Wildman–Crippen LogP) is 3.15. The predicted molar refractivity (Wildman–Crippen MR) is 91.6 cm³/mol. The van der Waals surface area contributed by atoms with Crippen LogP contribution in [0.2, 0.25) is 5.02 Å². The van der Waals surface area contributed by atoms with E-state index in [1.165, 1.54) is 6.42 Å². The van der Waals surface area contributed by atoms with Crippen LogP contribution in [-0.2, 0) is 0 Å². The zero-order valence-electron chi connectivity index (χ0n) is 13.0. The quantitative estimate of drug-likeness (QED) is 0.895. The van der Waals surface area contributed by atoms with Gasteiger partial charge in [0.05, 0.1) is 11.2 Å². The van der Waals surface area contributed by atoms with Crippen molar-refractivity contribution in [2.45, 2.75) is 37.4 Å². The van der Waals surface area contributed by atoms with E-state index < -0.39 is 0 Å². The summed E-state index contributed by atoms with van der Waals surface area (Å²) in [5.74, 6) is 1.06. The Kier molecular flexibility index (Phi) is 4.12. The van der Waals surface area contributed by atoms with E-state index in [2.05, 4.69) is 15.6 Å². The highest BCUT2D eigenvalue weighted by atomic mass is 35.5. The van der Waals surface area contributed by atoms with Crippen LogP contribution >= 0.6 is 11.6 Å². The largest absolute Gasteiger partial charge is 0.454 e. The van der Waals surface area contributed by atoms with Gasteiger partial charge in [-0.1, -0.05) is 11.6 Å². The lowest BCUT2D eigenvalue weighted by Crippen LogP contribution is -2.42. The van der Waals surface area contributed by atoms with Gasteiger partial charge in [-0.05, 0) is 49.6 Å². The zero-order valence-corrected chi connectivity index (χ0v) is 13.8. The summed E-state index contributed by atoms with van der Waals surface area (Å²) in [6, 6.07) is 9.94. The number of rotatable bonds is 4. The van der Waals surface area contributed by atoms with Gasteiger partial charge in [-0.15, -0.1) is 0 Å². The fourth-order valence-corrected chi connectivity index (χ4v) is 3.62. The minimum atomic E-state index is -0.0414. The Morgan fingerprint density at radius 2 is 2.08 bits per heavy atom. The number of halogens is 1. The number of hydrogen-bond donors (Lipinski definition) is 2. The lowest BCUT2D eigenvalue weighted by atomic mass is 9.95. The van der Waals surface area contributed by atoms with Crippen molar-refractivity contribution in [2.75, 3.05) is 0 Å². The standard InChI is InChI=1S/C18H18ClN3O2/c19-14-7-8-20-10-17(14)24-13-4-1-11(2-5-13)18(23)22-16-9-12-3-6-15(16)21-12/h1-2,4-5,7-8,10,12,15-16,21H,3,6,9H2,(H,22,23)/t12-,15+,16-/m1/s1. The third kappa shape index (κ3) is 3.09. The maximum absolute atomic E-state index is 12.4. The van der Waals surface area contributed by atoms with Gasteiger partial charge in [0.25, 0.3) is 5.91 Å². The lowest BCUT2D eigenvalue weighted by Gasteiger charge is -2.21. The highest BCUT2D eigenvalue weighted by Gasteiger charge is 2.39. The minimum absolute atomic E-state index is 0.0414. The van der Waals surface area contributed by atoms with Crippen molar-refractivity contribution >= 4 is 17.5 Å². The summed E-state index contributed by atoms with van der Waals surface area (Å²) >= 11 is 6.05. The molecular weight excluding hydrogens is 326 g/mol. The molecule has 3 atom stereocenters. The molecular formula is C18H18ClN3O2. The molecule has 5 nitrogen and oxygen atoms in total. The van der Waals surface area contributed by atoms with E-state index in [4.69, 9.17) is 16.3 Å². The summed E-state index contributed by atoms with van der Waals surface area (Å²) in [5, 5.41) is 7.15. The average molecular weight is 344 g/mol. The highest BCUT2D eigenvalue weighted by Crippen LogP contribution is 2.29. The number of aromatic nitrogens is 1. The number of benzene rings is 1. The molecule has 3 heterocycles. The maximum Gasteiger partial charge on any atom is 0.251 e. The summed E-state index contributed by atoms with van der Waals surface area (Å²) in [4.78, 5) is 16.4. The molecule has 2 bridgehead atoms. The number of pyridine rings is 1. The van der Waals surface area contributed by atoms with Crippen LogP contribution in [0.1, 0.15) is 29.6 Å². The zero-order chi connectivity index (χ0) is 16.5. The van der Waals surface area contributed by atoms with Gasteiger partial charge < -0.3 is 15.4 Å². The van der Waals surface area contributed by atoms with E-state index >= 15 is 0 Å². The van der Waals surface area contributed by atoms with Gasteiger partial charge in [-0.3, -0.25) is 9.78 Å². The van der Waals surface area contributed by atoms with Gasteiger partial charge in [0.2, 0.25) is 0 Å². The van der Waals surface area contributed by atoms with E-state index in [0.29, 0.717) is 34.2 Å². The number of ether oxygens (including phenoxy) is 1. The van der Waals surface area contributed by atoms with E-state index in [0.717, 1.165) is 12.8 Å². The third-order valence-electron chi connectivity index (χ3n) is 4.69. The smallest absolute Gasteiger partial charge is 0.251 e. The molecule has 1 aromatic carbocycles. The summed E-state index contributed by atoms with van der Waals surface area (Å²) < 4.78 is 5.68. The first-order chi connectivity index (χ1) is 11.7. The Hall–Kier alpha value is -2.11. The van der Waals surface area contributed by atoms with Gasteiger partial charge in [0.1, 0.15) is 5.75 Å². The number of amides is 1. The summed E-state index contributed by atoms with van der Waals surface area (Å²) in [6.45, 7) is 0. The Balaban J connectivity index is 1.40. The molecule has 24 heavy (non-hydrogen) atoms. The normalized spacial score (nSPS) is 24.8. The van der Waals surface area contributed by atoms with Crippen LogP contribution in [0.25, 0.3) is 0 Å². The van der Waals surface area contributed by atoms with E-state index in [1.807, 2.05) is 0 Å². The molecule has 2 fully saturated rings. The van der Waals surface area contributed by atoms with Gasteiger partial charge in [0, 0.05) is 29.9 Å². The van der Waals surface area contributed by atoms with Crippen molar-refractivity contribution in [2.24, 2.45) is 0 Å². The van der Waals surface area contributed by atoms with Crippen molar-refractivity contribution in [1.82, 2.24) is 15.6 Å². The van der Waals surface area contributed by atoms with Crippen LogP contribution in [0.15, 0.2) is 42.7 Å². The van der Waals surface area contributed by atoms with Crippen LogP contribution in [-0.4, -0.2) is 29.0 Å². The fourth-order valence-electron chi connectivity index (χ4n) is 3.47. The first-order valence-electron chi connectivity index (χ1n) is 8.13. The molecule has 0 aliphatic carbocycles. The molecule has 0 unspecified atom stereocenters. The molecule has 2 N–H and O–H groups in total. The first kappa shape index (κ1) is 15.4. The molecule has 0 spiro atoms. The van der Waals surface area contributed by atoms with Gasteiger partial charge in [0.15, 0.2) is 5.75 Å². The molecule has 0 saturated carbocycles. The molecule has 4 rings (SSSR count). The minimum Gasteiger partial charge on any atom is -0.454 e. The van der Waals surface area contributed by atoms with Crippen molar-refractivity contribution in [3.05, 3.63) is 53.3 Å². The van der Waals surface area contributed by atoms with E-state index in [-0.39, 0.29) is 11.9 Å². The van der Waals surface area contributed by atoms with Crippen molar-refractivity contribution in [3.63, 3.8) is 0 Å². The van der Waals surface area contributed by atoms with Crippen LogP contribution < -0.4 is 15.4 Å². The monoisotopic (exact) mass is 343 g/mol. The Bertz CT molecular complexity index is 750. The molecule has 6 heteroatoms. The fraction of sp³-hybridized carbons (Fsp3) is 0.333. The van der Waals surface area contributed by atoms with E-state index in [1.54, 1.807) is 42.7 Å². The second kappa shape index (κ2) is 6.42. The number of fused-ring (bicyclic) bond motifs is 2. The van der Waals surface area contributed by atoms with Crippen LogP contribution in [0, 0.1) is 0 Å². The van der Waals surface area contributed by atoms with Gasteiger partial charge in [-0.25, -0.2) is 0 Å².